The molecule has 4 heterocycles. The van der Waals surface area contributed by atoms with Crippen LogP contribution in [0.2, 0.25) is 0 Å². The van der Waals surface area contributed by atoms with E-state index >= 15 is 0 Å². The third-order valence-corrected chi connectivity index (χ3v) is 7.10. The number of aromatic amines is 1. The maximum absolute atomic E-state index is 12.2. The van der Waals surface area contributed by atoms with Gasteiger partial charge in [-0.1, -0.05) is 0 Å². The lowest BCUT2D eigenvalue weighted by Gasteiger charge is -2.22. The van der Waals surface area contributed by atoms with Crippen LogP contribution in [-0.4, -0.2) is 47.0 Å². The molecule has 2 aliphatic heterocycles. The highest BCUT2D eigenvalue weighted by molar-refractivity contribution is 7.09. The largest absolute Gasteiger partial charge is 0.366 e. The number of nitrogens with one attached hydrogen (secondary N) is 2. The van der Waals surface area contributed by atoms with Crippen LogP contribution in [0.25, 0.3) is 22.2 Å². The van der Waals surface area contributed by atoms with Crippen molar-refractivity contribution < 1.29 is 4.79 Å². The van der Waals surface area contributed by atoms with Gasteiger partial charge in [-0.3, -0.25) is 9.69 Å². The number of piperidine rings is 1. The van der Waals surface area contributed by atoms with Crippen LogP contribution < -0.4 is 11.1 Å². The first-order chi connectivity index (χ1) is 14.2. The van der Waals surface area contributed by atoms with Gasteiger partial charge in [-0.15, -0.1) is 11.3 Å². The van der Waals surface area contributed by atoms with E-state index in [1.807, 2.05) is 6.07 Å². The Bertz CT molecular complexity index is 1030. The summed E-state index contributed by atoms with van der Waals surface area (Å²) in [6.45, 7) is 5.31. The molecule has 3 aromatic rings. The standard InChI is InChI=1S/C22H27N5OS/c23-22(28)17-10-15(19-13-29-20(26-19)12-27-7-1-2-8-27)9-16-18(11-25-21(16)17)14-3-5-24-6-4-14/h9-11,13-14,24-25H,1-8,12H2,(H2,23,28). The zero-order chi connectivity index (χ0) is 19.8. The number of hydrogen-bond acceptors (Lipinski definition) is 5. The highest BCUT2D eigenvalue weighted by Gasteiger charge is 2.22. The van der Waals surface area contributed by atoms with Crippen LogP contribution in [0.1, 0.15) is 52.5 Å². The summed E-state index contributed by atoms with van der Waals surface area (Å²) in [5, 5.41) is 7.78. The molecule has 2 aliphatic rings. The first kappa shape index (κ1) is 18.8. The third kappa shape index (κ3) is 3.70. The van der Waals surface area contributed by atoms with Crippen LogP contribution in [0.3, 0.4) is 0 Å². The molecule has 7 heteroatoms. The lowest BCUT2D eigenvalue weighted by molar-refractivity contribution is 0.100. The van der Waals surface area contributed by atoms with Gasteiger partial charge in [-0.05, 0) is 75.5 Å². The van der Waals surface area contributed by atoms with Crippen molar-refractivity contribution >= 4 is 28.1 Å². The van der Waals surface area contributed by atoms with E-state index in [2.05, 4.69) is 32.8 Å². The van der Waals surface area contributed by atoms with E-state index in [1.54, 1.807) is 11.3 Å². The zero-order valence-corrected chi connectivity index (χ0v) is 17.4. The van der Waals surface area contributed by atoms with Crippen molar-refractivity contribution in [2.45, 2.75) is 38.1 Å². The molecule has 0 atom stereocenters. The van der Waals surface area contributed by atoms with Gasteiger partial charge in [0, 0.05) is 22.5 Å². The van der Waals surface area contributed by atoms with E-state index in [9.17, 15) is 4.79 Å². The lowest BCUT2D eigenvalue weighted by Crippen LogP contribution is -2.26. The smallest absolute Gasteiger partial charge is 0.250 e. The summed E-state index contributed by atoms with van der Waals surface area (Å²) < 4.78 is 0. The first-order valence-corrected chi connectivity index (χ1v) is 11.4. The fraction of sp³-hybridized carbons (Fsp3) is 0.455. The minimum atomic E-state index is -0.400. The molecule has 0 bridgehead atoms. The fourth-order valence-corrected chi connectivity index (χ4v) is 5.56. The molecule has 0 radical (unpaired) electrons. The predicted octanol–water partition coefficient (Wildman–Crippen LogP) is 3.45. The van der Waals surface area contributed by atoms with Crippen molar-refractivity contribution in [2.24, 2.45) is 5.73 Å². The molecule has 0 saturated carbocycles. The van der Waals surface area contributed by atoms with Gasteiger partial charge in [-0.2, -0.15) is 0 Å². The summed E-state index contributed by atoms with van der Waals surface area (Å²) in [5.74, 6) is 0.102. The van der Waals surface area contributed by atoms with E-state index in [4.69, 9.17) is 10.7 Å². The number of carbonyl (C=O) groups is 1. The van der Waals surface area contributed by atoms with Crippen LogP contribution >= 0.6 is 11.3 Å². The van der Waals surface area contributed by atoms with Crippen molar-refractivity contribution in [3.63, 3.8) is 0 Å². The van der Waals surface area contributed by atoms with Gasteiger partial charge in [0.05, 0.1) is 23.3 Å². The Morgan fingerprint density at radius 3 is 2.79 bits per heavy atom. The average Bonchev–Trinajstić information content (AvgIpc) is 3.49. The molecule has 1 aromatic carbocycles. The molecule has 152 valence electrons. The second-order valence-electron chi connectivity index (χ2n) is 8.19. The van der Waals surface area contributed by atoms with Crippen molar-refractivity contribution in [1.82, 2.24) is 20.2 Å². The molecule has 29 heavy (non-hydrogen) atoms. The van der Waals surface area contributed by atoms with Crippen LogP contribution in [0.15, 0.2) is 23.7 Å². The SMILES string of the molecule is NC(=O)c1cc(-c2csc(CN3CCCC3)n2)cc2c(C3CCNCC3)c[nH]c12. The summed E-state index contributed by atoms with van der Waals surface area (Å²) in [5.41, 5.74) is 10.3. The van der Waals surface area contributed by atoms with Crippen molar-refractivity contribution in [3.8, 4) is 11.3 Å². The molecular formula is C22H27N5OS. The maximum Gasteiger partial charge on any atom is 0.250 e. The summed E-state index contributed by atoms with van der Waals surface area (Å²) in [6.07, 6.45) is 6.85. The monoisotopic (exact) mass is 409 g/mol. The van der Waals surface area contributed by atoms with E-state index in [-0.39, 0.29) is 0 Å². The first-order valence-electron chi connectivity index (χ1n) is 10.5. The van der Waals surface area contributed by atoms with Gasteiger partial charge >= 0.3 is 0 Å². The predicted molar refractivity (Wildman–Crippen MR) is 117 cm³/mol. The van der Waals surface area contributed by atoms with Crippen molar-refractivity contribution in [2.75, 3.05) is 26.2 Å². The van der Waals surface area contributed by atoms with Gasteiger partial charge in [0.15, 0.2) is 0 Å². The van der Waals surface area contributed by atoms with E-state index in [0.29, 0.717) is 11.5 Å². The summed E-state index contributed by atoms with van der Waals surface area (Å²) in [6, 6.07) is 4.08. The number of benzene rings is 1. The number of nitrogens with two attached hydrogens (primary N) is 1. The van der Waals surface area contributed by atoms with Gasteiger partial charge in [0.25, 0.3) is 5.91 Å². The number of amides is 1. The maximum atomic E-state index is 12.2. The summed E-state index contributed by atoms with van der Waals surface area (Å²) in [7, 11) is 0. The number of likely N-dealkylation sites (tertiary alicyclic amines) is 1. The Morgan fingerprint density at radius 2 is 2.03 bits per heavy atom. The Hall–Kier alpha value is -2.22. The van der Waals surface area contributed by atoms with Crippen LogP contribution in [0.4, 0.5) is 0 Å². The normalized spacial score (nSPS) is 18.6. The number of fused-ring (bicyclic) bond motifs is 1. The second-order valence-corrected chi connectivity index (χ2v) is 9.13. The number of carbonyl (C=O) groups excluding carboxylic acids is 1. The second kappa shape index (κ2) is 7.89. The van der Waals surface area contributed by atoms with Crippen LogP contribution in [0.5, 0.6) is 0 Å². The average molecular weight is 410 g/mol. The van der Waals surface area contributed by atoms with E-state index in [1.165, 1.54) is 18.4 Å². The number of nitrogens with zero attached hydrogens (tertiary/aromatic N) is 2. The zero-order valence-electron chi connectivity index (χ0n) is 16.5. The Balaban J connectivity index is 1.53. The number of primary amides is 1. The van der Waals surface area contributed by atoms with E-state index in [0.717, 1.165) is 72.7 Å². The highest BCUT2D eigenvalue weighted by atomic mass is 32.1. The van der Waals surface area contributed by atoms with Gasteiger partial charge in [-0.25, -0.2) is 4.98 Å². The number of aromatic nitrogens is 2. The van der Waals surface area contributed by atoms with Crippen molar-refractivity contribution in [1.29, 1.82) is 0 Å². The molecule has 2 saturated heterocycles. The topological polar surface area (TPSA) is 87.0 Å². The molecule has 6 nitrogen and oxygen atoms in total. The fourth-order valence-electron chi connectivity index (χ4n) is 4.71. The third-order valence-electron chi connectivity index (χ3n) is 6.27. The molecular weight excluding hydrogens is 382 g/mol. The number of rotatable bonds is 5. The molecule has 1 amide bonds. The highest BCUT2D eigenvalue weighted by Crippen LogP contribution is 2.36. The van der Waals surface area contributed by atoms with Crippen molar-refractivity contribution in [3.05, 3.63) is 39.8 Å². The minimum Gasteiger partial charge on any atom is -0.366 e. The quantitative estimate of drug-likeness (QED) is 0.602. The van der Waals surface area contributed by atoms with Crippen LogP contribution in [0, 0.1) is 0 Å². The Kier molecular flexibility index (Phi) is 5.11. The van der Waals surface area contributed by atoms with Gasteiger partial charge in [0.2, 0.25) is 0 Å². The van der Waals surface area contributed by atoms with Gasteiger partial charge < -0.3 is 16.0 Å². The molecule has 4 N–H and O–H groups in total. The number of hydrogen-bond donors (Lipinski definition) is 3. The summed E-state index contributed by atoms with van der Waals surface area (Å²) in [4.78, 5) is 22.9. The van der Waals surface area contributed by atoms with Crippen LogP contribution in [-0.2, 0) is 6.54 Å². The van der Waals surface area contributed by atoms with E-state index < -0.39 is 5.91 Å². The molecule has 0 spiro atoms. The lowest BCUT2D eigenvalue weighted by atomic mass is 9.89. The molecule has 0 aliphatic carbocycles. The minimum absolute atomic E-state index is 0.400. The number of thiazole rings is 1. The Morgan fingerprint density at radius 1 is 1.24 bits per heavy atom. The molecule has 5 rings (SSSR count). The molecule has 2 fully saturated rings. The molecule has 0 unspecified atom stereocenters. The Labute approximate surface area is 174 Å². The van der Waals surface area contributed by atoms with Gasteiger partial charge in [0.1, 0.15) is 5.01 Å². The number of H-pyrrole nitrogens is 1. The summed E-state index contributed by atoms with van der Waals surface area (Å²) >= 11 is 1.70. The molecule has 2 aromatic heterocycles.